The number of carbonyl (C=O) groups excluding carboxylic acids is 1. The molecule has 1 amide bonds. The summed E-state index contributed by atoms with van der Waals surface area (Å²) in [5.74, 6) is 0.375. The van der Waals surface area contributed by atoms with E-state index in [1.165, 1.54) is 0 Å². The number of carbonyl (C=O) groups is 1. The van der Waals surface area contributed by atoms with Crippen molar-refractivity contribution in [2.75, 3.05) is 11.9 Å². The highest BCUT2D eigenvalue weighted by Crippen LogP contribution is 2.40. The van der Waals surface area contributed by atoms with Gasteiger partial charge in [0.15, 0.2) is 0 Å². The molecule has 226 valence electrons. The number of aromatic amines is 1. The van der Waals surface area contributed by atoms with Crippen molar-refractivity contribution < 1.29 is 28.5 Å². The van der Waals surface area contributed by atoms with Crippen LogP contribution in [0.5, 0.6) is 0 Å². The lowest BCUT2D eigenvalue weighted by Gasteiger charge is -2.25. The van der Waals surface area contributed by atoms with E-state index in [1.807, 2.05) is 112 Å². The van der Waals surface area contributed by atoms with Crippen LogP contribution in [0.1, 0.15) is 49.1 Å². The van der Waals surface area contributed by atoms with Gasteiger partial charge in [-0.05, 0) is 37.5 Å². The topological polar surface area (TPSA) is 104 Å². The Morgan fingerprint density at radius 2 is 1.35 bits per heavy atom. The molecule has 2 heterocycles. The summed E-state index contributed by atoms with van der Waals surface area (Å²) in [6.45, 7) is 6.86. The Morgan fingerprint density at radius 3 is 1.91 bits per heavy atom. The third-order valence-electron chi connectivity index (χ3n) is 6.88. The molecule has 1 aliphatic heterocycles. The van der Waals surface area contributed by atoms with Gasteiger partial charge in [-0.1, -0.05) is 91.0 Å². The molecule has 0 saturated carbocycles. The fourth-order valence-corrected chi connectivity index (χ4v) is 4.91. The van der Waals surface area contributed by atoms with Crippen molar-refractivity contribution in [2.24, 2.45) is 0 Å². The first-order valence-electron chi connectivity index (χ1n) is 14.5. The van der Waals surface area contributed by atoms with Crippen molar-refractivity contribution in [1.29, 1.82) is 0 Å². The van der Waals surface area contributed by atoms with E-state index in [9.17, 15) is 4.79 Å². The van der Waals surface area contributed by atoms with Crippen molar-refractivity contribution >= 4 is 11.9 Å². The maximum Gasteiger partial charge on any atom is 0.413 e. The molecule has 2 N–H and O–H groups in total. The quantitative estimate of drug-likeness (QED) is 0.193. The second-order valence-electron chi connectivity index (χ2n) is 11.4. The number of amides is 1. The minimum Gasteiger partial charge on any atom is -0.444 e. The van der Waals surface area contributed by atoms with Crippen LogP contribution in [0.15, 0.2) is 97.2 Å². The molecular weight excluding hydrogens is 546 g/mol. The van der Waals surface area contributed by atoms with Crippen LogP contribution in [0.3, 0.4) is 0 Å². The summed E-state index contributed by atoms with van der Waals surface area (Å²) in [7, 11) is 0. The Morgan fingerprint density at radius 1 is 0.814 bits per heavy atom. The number of nitrogens with one attached hydrogen (secondary N) is 2. The van der Waals surface area contributed by atoms with E-state index in [1.54, 1.807) is 6.20 Å². The minimum atomic E-state index is -0.660. The van der Waals surface area contributed by atoms with Crippen molar-refractivity contribution in [3.63, 3.8) is 0 Å². The standard InChI is InChI=1S/C34H39N3O6/c1-34(2,3)43-33(38)36-32-27(19-35-37-32)29-31(41-22-26-17-11-6-12-18-26)30(40-21-25-15-9-5-10-16-25)28(42-29)23-39-20-24-13-7-4-8-14-24/h4-19,28-31H,20-23H2,1-3H3,(H2,35,36,37,38)/t28-,29+,30-,31+/m1/s1. The second kappa shape index (κ2) is 14.4. The van der Waals surface area contributed by atoms with Crippen molar-refractivity contribution in [3.8, 4) is 0 Å². The average molecular weight is 586 g/mol. The second-order valence-corrected chi connectivity index (χ2v) is 11.4. The third kappa shape index (κ3) is 8.75. The smallest absolute Gasteiger partial charge is 0.413 e. The lowest BCUT2D eigenvalue weighted by atomic mass is 10.0. The van der Waals surface area contributed by atoms with Gasteiger partial charge in [0.2, 0.25) is 0 Å². The number of nitrogens with zero attached hydrogens (tertiary/aromatic N) is 1. The van der Waals surface area contributed by atoms with Gasteiger partial charge >= 0.3 is 6.09 Å². The lowest BCUT2D eigenvalue weighted by molar-refractivity contribution is -0.0898. The number of ether oxygens (including phenoxy) is 5. The van der Waals surface area contributed by atoms with Crippen LogP contribution in [-0.2, 0) is 43.5 Å². The van der Waals surface area contributed by atoms with Crippen LogP contribution in [0.4, 0.5) is 10.6 Å². The first-order chi connectivity index (χ1) is 20.9. The van der Waals surface area contributed by atoms with Gasteiger partial charge < -0.3 is 23.7 Å². The molecule has 0 aliphatic carbocycles. The largest absolute Gasteiger partial charge is 0.444 e. The zero-order chi connectivity index (χ0) is 30.1. The zero-order valence-electron chi connectivity index (χ0n) is 24.8. The van der Waals surface area contributed by atoms with E-state index >= 15 is 0 Å². The van der Waals surface area contributed by atoms with E-state index < -0.39 is 36.1 Å². The Balaban J connectivity index is 1.40. The van der Waals surface area contributed by atoms with E-state index in [0.29, 0.717) is 31.2 Å². The predicted molar refractivity (Wildman–Crippen MR) is 162 cm³/mol. The van der Waals surface area contributed by atoms with Crippen LogP contribution < -0.4 is 5.32 Å². The van der Waals surface area contributed by atoms with Crippen molar-refractivity contribution in [1.82, 2.24) is 10.2 Å². The third-order valence-corrected chi connectivity index (χ3v) is 6.88. The molecular formula is C34H39N3O6. The Kier molecular flexibility index (Phi) is 10.2. The first kappa shape index (κ1) is 30.4. The predicted octanol–water partition coefficient (Wildman–Crippen LogP) is 6.58. The Bertz CT molecular complexity index is 1410. The molecule has 5 rings (SSSR count). The fourth-order valence-electron chi connectivity index (χ4n) is 4.91. The van der Waals surface area contributed by atoms with Crippen LogP contribution in [0, 0.1) is 0 Å². The highest BCUT2D eigenvalue weighted by molar-refractivity contribution is 5.84. The van der Waals surface area contributed by atoms with Gasteiger partial charge in [-0.2, -0.15) is 5.10 Å². The monoisotopic (exact) mass is 585 g/mol. The maximum absolute atomic E-state index is 12.7. The molecule has 9 heteroatoms. The molecule has 1 saturated heterocycles. The molecule has 4 atom stereocenters. The van der Waals surface area contributed by atoms with Gasteiger partial charge in [0.05, 0.1) is 32.6 Å². The maximum atomic E-state index is 12.7. The SMILES string of the molecule is CC(C)(C)OC(=O)Nc1[nH]ncc1[C@@H]1O[C@H](COCc2ccccc2)[C@@H](OCc2ccccc2)[C@H]1OCc1ccccc1. The molecule has 4 aromatic rings. The van der Waals surface area contributed by atoms with Gasteiger partial charge in [0.1, 0.15) is 35.8 Å². The van der Waals surface area contributed by atoms with Gasteiger partial charge in [-0.15, -0.1) is 0 Å². The van der Waals surface area contributed by atoms with E-state index in [4.69, 9.17) is 23.7 Å². The number of aromatic nitrogens is 2. The summed E-state index contributed by atoms with van der Waals surface area (Å²) < 4.78 is 31.4. The molecule has 0 bridgehead atoms. The molecule has 0 radical (unpaired) electrons. The molecule has 43 heavy (non-hydrogen) atoms. The number of anilines is 1. The summed E-state index contributed by atoms with van der Waals surface area (Å²) in [6, 6.07) is 29.9. The number of H-pyrrole nitrogens is 1. The lowest BCUT2D eigenvalue weighted by Crippen LogP contribution is -2.38. The van der Waals surface area contributed by atoms with Gasteiger partial charge in [-0.3, -0.25) is 10.4 Å². The van der Waals surface area contributed by atoms with E-state index in [0.717, 1.165) is 16.7 Å². The molecule has 1 aliphatic rings. The summed E-state index contributed by atoms with van der Waals surface area (Å²) in [4.78, 5) is 12.7. The molecule has 1 aromatic heterocycles. The van der Waals surface area contributed by atoms with E-state index in [2.05, 4.69) is 15.5 Å². The summed E-state index contributed by atoms with van der Waals surface area (Å²) in [5.41, 5.74) is 3.09. The highest BCUT2D eigenvalue weighted by Gasteiger charge is 2.48. The number of rotatable bonds is 12. The minimum absolute atomic E-state index is 0.280. The van der Waals surface area contributed by atoms with Crippen LogP contribution in [0.2, 0.25) is 0 Å². The Hall–Kier alpha value is -4.02. The normalized spacial score (nSPS) is 20.2. The van der Waals surface area contributed by atoms with Gasteiger partial charge in [0, 0.05) is 5.56 Å². The number of benzene rings is 3. The summed E-state index contributed by atoms with van der Waals surface area (Å²) in [5, 5.41) is 9.87. The highest BCUT2D eigenvalue weighted by atomic mass is 16.6. The number of hydrogen-bond donors (Lipinski definition) is 2. The molecule has 0 spiro atoms. The van der Waals surface area contributed by atoms with Gasteiger partial charge in [0.25, 0.3) is 0 Å². The zero-order valence-corrected chi connectivity index (χ0v) is 24.8. The molecule has 9 nitrogen and oxygen atoms in total. The fraction of sp³-hybridized carbons (Fsp3) is 0.353. The Labute approximate surface area is 252 Å². The van der Waals surface area contributed by atoms with Crippen LogP contribution >= 0.6 is 0 Å². The average Bonchev–Trinajstić information content (AvgIpc) is 3.59. The molecule has 3 aromatic carbocycles. The molecule has 0 unspecified atom stereocenters. The summed E-state index contributed by atoms with van der Waals surface area (Å²) in [6.07, 6.45) is -1.05. The molecule has 1 fully saturated rings. The van der Waals surface area contributed by atoms with Crippen molar-refractivity contribution in [3.05, 3.63) is 119 Å². The van der Waals surface area contributed by atoms with E-state index in [-0.39, 0.29) is 6.61 Å². The van der Waals surface area contributed by atoms with Crippen LogP contribution in [-0.4, -0.2) is 46.8 Å². The van der Waals surface area contributed by atoms with Gasteiger partial charge in [-0.25, -0.2) is 4.79 Å². The number of hydrogen-bond acceptors (Lipinski definition) is 7. The van der Waals surface area contributed by atoms with Crippen LogP contribution in [0.25, 0.3) is 0 Å². The van der Waals surface area contributed by atoms with Crippen molar-refractivity contribution in [2.45, 2.75) is 70.6 Å². The first-order valence-corrected chi connectivity index (χ1v) is 14.5. The summed E-state index contributed by atoms with van der Waals surface area (Å²) >= 11 is 0.